The number of pyridine rings is 1. The van der Waals surface area contributed by atoms with Crippen molar-refractivity contribution >= 4 is 21.8 Å². The molecule has 2 aromatic heterocycles. The summed E-state index contributed by atoms with van der Waals surface area (Å²) in [6.45, 7) is 0.523. The van der Waals surface area contributed by atoms with E-state index in [0.29, 0.717) is 18.4 Å². The van der Waals surface area contributed by atoms with Crippen LogP contribution in [0, 0.1) is 17.8 Å². The Balaban J connectivity index is 1.36. The number of rotatable bonds is 5. The van der Waals surface area contributed by atoms with Gasteiger partial charge in [-0.1, -0.05) is 34.1 Å². The van der Waals surface area contributed by atoms with Gasteiger partial charge < -0.3 is 10.3 Å². The van der Waals surface area contributed by atoms with Gasteiger partial charge in [0.2, 0.25) is 5.91 Å². The van der Waals surface area contributed by atoms with Gasteiger partial charge >= 0.3 is 0 Å². The lowest BCUT2D eigenvalue weighted by molar-refractivity contribution is -0.127. The van der Waals surface area contributed by atoms with E-state index in [1.807, 2.05) is 30.5 Å². The number of hydrogen-bond acceptors (Lipinski definition) is 3. The fourth-order valence-corrected chi connectivity index (χ4v) is 5.42. The molecule has 2 bridgehead atoms. The summed E-state index contributed by atoms with van der Waals surface area (Å²) in [5.41, 5.74) is 3.13. The van der Waals surface area contributed by atoms with Gasteiger partial charge in [0.05, 0.1) is 17.8 Å². The highest BCUT2D eigenvalue weighted by molar-refractivity contribution is 9.10. The molecule has 148 valence electrons. The number of hydrogen-bond donors (Lipinski definition) is 2. The Bertz CT molecular complexity index is 1000. The molecule has 0 saturated heterocycles. The van der Waals surface area contributed by atoms with E-state index in [1.54, 1.807) is 12.4 Å². The standard InChI is InChI=1S/C23H23BrN4O/c24-18-7-5-15(6-8-18)19-13-26-22(28-19)20-16-3-4-17(10-16)21(20)23(29)27-12-14-2-1-9-25-11-14/h1-2,5-9,11,13,16-17,20-21H,3-4,10,12H2,(H,26,28)(H,27,29)/t16?,17?,20-,21-/m0/s1. The fourth-order valence-electron chi connectivity index (χ4n) is 5.15. The Morgan fingerprint density at radius 1 is 1.14 bits per heavy atom. The number of carbonyl (C=O) groups excluding carboxylic acids is 1. The van der Waals surface area contributed by atoms with Crippen molar-refractivity contribution in [3.05, 3.63) is 70.8 Å². The van der Waals surface area contributed by atoms with Crippen molar-refractivity contribution in [1.82, 2.24) is 20.3 Å². The molecule has 2 aliphatic rings. The van der Waals surface area contributed by atoms with Crippen molar-refractivity contribution in [2.45, 2.75) is 31.7 Å². The molecular weight excluding hydrogens is 428 g/mol. The van der Waals surface area contributed by atoms with Gasteiger partial charge in [0.25, 0.3) is 0 Å². The second-order valence-electron chi connectivity index (χ2n) is 8.15. The van der Waals surface area contributed by atoms with Crippen LogP contribution in [0.25, 0.3) is 11.3 Å². The first-order chi connectivity index (χ1) is 14.2. The van der Waals surface area contributed by atoms with Gasteiger partial charge in [-0.15, -0.1) is 0 Å². The molecule has 2 aliphatic carbocycles. The van der Waals surface area contributed by atoms with Crippen LogP contribution in [0.3, 0.4) is 0 Å². The van der Waals surface area contributed by atoms with E-state index in [1.165, 1.54) is 6.42 Å². The summed E-state index contributed by atoms with van der Waals surface area (Å²) < 4.78 is 1.06. The van der Waals surface area contributed by atoms with Gasteiger partial charge in [-0.2, -0.15) is 0 Å². The summed E-state index contributed by atoms with van der Waals surface area (Å²) in [5, 5.41) is 3.14. The van der Waals surface area contributed by atoms with E-state index in [0.717, 1.165) is 40.0 Å². The Hall–Kier alpha value is -2.47. The number of nitrogens with one attached hydrogen (secondary N) is 2. The number of nitrogens with zero attached hydrogens (tertiary/aromatic N) is 2. The van der Waals surface area contributed by atoms with E-state index in [9.17, 15) is 4.79 Å². The molecule has 0 radical (unpaired) electrons. The Labute approximate surface area is 178 Å². The zero-order valence-electron chi connectivity index (χ0n) is 16.0. The van der Waals surface area contributed by atoms with Crippen molar-refractivity contribution in [2.24, 2.45) is 17.8 Å². The van der Waals surface area contributed by atoms with Crippen LogP contribution >= 0.6 is 15.9 Å². The molecule has 29 heavy (non-hydrogen) atoms. The molecule has 5 rings (SSSR count). The van der Waals surface area contributed by atoms with Gasteiger partial charge in [0, 0.05) is 29.3 Å². The number of fused-ring (bicyclic) bond motifs is 2. The third kappa shape index (κ3) is 3.62. The Morgan fingerprint density at radius 3 is 2.76 bits per heavy atom. The van der Waals surface area contributed by atoms with Crippen LogP contribution in [-0.2, 0) is 11.3 Å². The smallest absolute Gasteiger partial charge is 0.224 e. The predicted molar refractivity (Wildman–Crippen MR) is 115 cm³/mol. The normalized spacial score (nSPS) is 25.3. The van der Waals surface area contributed by atoms with E-state index in [-0.39, 0.29) is 17.7 Å². The minimum atomic E-state index is -0.00524. The lowest BCUT2D eigenvalue weighted by Gasteiger charge is -2.28. The summed E-state index contributed by atoms with van der Waals surface area (Å²) >= 11 is 3.48. The highest BCUT2D eigenvalue weighted by Gasteiger charge is 2.52. The summed E-state index contributed by atoms with van der Waals surface area (Å²) in [6.07, 6.45) is 8.91. The number of benzene rings is 1. The molecule has 2 saturated carbocycles. The molecule has 0 aliphatic heterocycles. The quantitative estimate of drug-likeness (QED) is 0.592. The van der Waals surface area contributed by atoms with Crippen molar-refractivity contribution in [3.63, 3.8) is 0 Å². The average Bonchev–Trinajstić information content (AvgIpc) is 3.49. The van der Waals surface area contributed by atoms with Gasteiger partial charge in [-0.25, -0.2) is 4.98 Å². The molecule has 2 unspecified atom stereocenters. The molecule has 2 fully saturated rings. The minimum Gasteiger partial charge on any atom is -0.352 e. The van der Waals surface area contributed by atoms with E-state index in [4.69, 9.17) is 4.98 Å². The third-order valence-corrected chi connectivity index (χ3v) is 7.00. The number of halogens is 1. The zero-order chi connectivity index (χ0) is 19.8. The first kappa shape index (κ1) is 18.6. The van der Waals surface area contributed by atoms with Crippen LogP contribution in [0.4, 0.5) is 0 Å². The monoisotopic (exact) mass is 450 g/mol. The second kappa shape index (κ2) is 7.75. The number of amides is 1. The van der Waals surface area contributed by atoms with Crippen LogP contribution in [0.2, 0.25) is 0 Å². The van der Waals surface area contributed by atoms with Crippen LogP contribution in [0.15, 0.2) is 59.5 Å². The maximum Gasteiger partial charge on any atom is 0.224 e. The van der Waals surface area contributed by atoms with Gasteiger partial charge in [-0.05, 0) is 60.4 Å². The molecule has 1 amide bonds. The zero-order valence-corrected chi connectivity index (χ0v) is 17.6. The minimum absolute atomic E-state index is 0.00524. The fraction of sp³-hybridized carbons (Fsp3) is 0.348. The maximum atomic E-state index is 13.1. The van der Waals surface area contributed by atoms with E-state index in [2.05, 4.69) is 43.3 Å². The molecular formula is C23H23BrN4O. The van der Waals surface area contributed by atoms with Crippen LogP contribution in [0.1, 0.15) is 36.6 Å². The SMILES string of the molecule is O=C(NCc1cccnc1)[C@H]1C2CCC(C2)[C@@H]1c1ncc(-c2ccc(Br)cc2)[nH]1. The topological polar surface area (TPSA) is 70.7 Å². The summed E-state index contributed by atoms with van der Waals surface area (Å²) in [5.74, 6) is 2.27. The lowest BCUT2D eigenvalue weighted by Crippen LogP contribution is -2.37. The molecule has 3 aromatic rings. The van der Waals surface area contributed by atoms with E-state index < -0.39 is 0 Å². The second-order valence-corrected chi connectivity index (χ2v) is 9.07. The first-order valence-electron chi connectivity index (χ1n) is 10.2. The summed E-state index contributed by atoms with van der Waals surface area (Å²) in [6, 6.07) is 12.1. The first-order valence-corrected chi connectivity index (χ1v) is 11.0. The highest BCUT2D eigenvalue weighted by atomic mass is 79.9. The van der Waals surface area contributed by atoms with Crippen molar-refractivity contribution < 1.29 is 4.79 Å². The molecule has 0 spiro atoms. The number of carbonyl (C=O) groups is 1. The highest BCUT2D eigenvalue weighted by Crippen LogP contribution is 2.56. The van der Waals surface area contributed by atoms with Crippen LogP contribution in [0.5, 0.6) is 0 Å². The van der Waals surface area contributed by atoms with Gasteiger partial charge in [-0.3, -0.25) is 9.78 Å². The van der Waals surface area contributed by atoms with Crippen molar-refractivity contribution in [1.29, 1.82) is 0 Å². The molecule has 2 N–H and O–H groups in total. The number of aromatic amines is 1. The number of H-pyrrole nitrogens is 1. The van der Waals surface area contributed by atoms with Crippen LogP contribution < -0.4 is 5.32 Å². The molecule has 6 heteroatoms. The molecule has 1 aromatic carbocycles. The van der Waals surface area contributed by atoms with Crippen molar-refractivity contribution in [3.8, 4) is 11.3 Å². The molecule has 2 heterocycles. The van der Waals surface area contributed by atoms with Gasteiger partial charge in [0.1, 0.15) is 5.82 Å². The maximum absolute atomic E-state index is 13.1. The summed E-state index contributed by atoms with van der Waals surface area (Å²) in [4.78, 5) is 25.5. The van der Waals surface area contributed by atoms with Crippen molar-refractivity contribution in [2.75, 3.05) is 0 Å². The largest absolute Gasteiger partial charge is 0.352 e. The summed E-state index contributed by atoms with van der Waals surface area (Å²) in [7, 11) is 0. The Kier molecular flexibility index (Phi) is 4.96. The molecule has 5 nitrogen and oxygen atoms in total. The predicted octanol–water partition coefficient (Wildman–Crippen LogP) is 4.68. The number of imidazole rings is 1. The lowest BCUT2D eigenvalue weighted by atomic mass is 9.78. The Morgan fingerprint density at radius 2 is 1.97 bits per heavy atom. The average molecular weight is 451 g/mol. The van der Waals surface area contributed by atoms with Crippen LogP contribution in [-0.4, -0.2) is 20.9 Å². The van der Waals surface area contributed by atoms with Gasteiger partial charge in [0.15, 0.2) is 0 Å². The molecule has 4 atom stereocenters. The van der Waals surface area contributed by atoms with E-state index >= 15 is 0 Å². The third-order valence-electron chi connectivity index (χ3n) is 6.48. The number of aromatic nitrogens is 3.